The Bertz CT molecular complexity index is 1410. The first-order valence-corrected chi connectivity index (χ1v) is 13.7. The Morgan fingerprint density at radius 1 is 1.07 bits per heavy atom. The lowest BCUT2D eigenvalue weighted by Crippen LogP contribution is -2.66. The van der Waals surface area contributed by atoms with Gasteiger partial charge in [-0.25, -0.2) is 0 Å². The molecule has 41 heavy (non-hydrogen) atoms. The zero-order valence-electron chi connectivity index (χ0n) is 24.7. The Kier molecular flexibility index (Phi) is 7.94. The lowest BCUT2D eigenvalue weighted by molar-refractivity contribution is -0.160. The number of fused-ring (bicyclic) bond motifs is 3. The average Bonchev–Trinajstić information content (AvgIpc) is 2.84. The number of phenols is 1. The van der Waals surface area contributed by atoms with Gasteiger partial charge in [-0.15, -0.1) is 0 Å². The first-order chi connectivity index (χ1) is 19.0. The Balaban J connectivity index is 1.88. The van der Waals surface area contributed by atoms with Gasteiger partial charge in [-0.1, -0.05) is 0 Å². The van der Waals surface area contributed by atoms with Crippen LogP contribution in [0.1, 0.15) is 36.5 Å². The molecule has 11 heteroatoms. The molecule has 0 radical (unpaired) electrons. The van der Waals surface area contributed by atoms with E-state index in [-0.39, 0.29) is 54.9 Å². The number of rotatable bonds is 8. The standard InChI is InChI=1S/C30H40N4O7/c1-14-21(29(31)40)27(38)30(41)19(24(14)34(6)7)11-16-10-18-20(33(4)5)12-15(8-9-17(35)13-32(2)3)25(36)23(18)26(37)22(16)28(30)39/h12,16,19,24,36-37,41H,8-11,13H2,1-7H3,(H2,31,40)/t16-,19-,24?,30+/m0/s1. The van der Waals surface area contributed by atoms with E-state index in [0.717, 1.165) is 5.69 Å². The third-order valence-corrected chi connectivity index (χ3v) is 8.72. The number of phenolic OH excluding ortho intramolecular Hbond substituents is 1. The van der Waals surface area contributed by atoms with Crippen molar-refractivity contribution in [2.75, 3.05) is 53.7 Å². The summed E-state index contributed by atoms with van der Waals surface area (Å²) in [6, 6.07) is 1.17. The second-order valence-corrected chi connectivity index (χ2v) is 12.2. The van der Waals surface area contributed by atoms with E-state index in [4.69, 9.17) is 5.73 Å². The Morgan fingerprint density at radius 2 is 1.71 bits per heavy atom. The summed E-state index contributed by atoms with van der Waals surface area (Å²) in [5.41, 5.74) is 4.61. The molecule has 5 N–H and O–H groups in total. The number of aliphatic hydroxyl groups excluding tert-OH is 1. The molecule has 3 aliphatic carbocycles. The third kappa shape index (κ3) is 4.75. The number of hydrogen-bond donors (Lipinski definition) is 4. The van der Waals surface area contributed by atoms with Crippen LogP contribution in [0.4, 0.5) is 5.69 Å². The molecule has 4 atom stereocenters. The highest BCUT2D eigenvalue weighted by Crippen LogP contribution is 2.53. The maximum atomic E-state index is 14.1. The largest absolute Gasteiger partial charge is 0.507 e. The Labute approximate surface area is 239 Å². The predicted octanol–water partition coefficient (Wildman–Crippen LogP) is 0.598. The molecule has 0 spiro atoms. The molecule has 0 bridgehead atoms. The van der Waals surface area contributed by atoms with Crippen LogP contribution < -0.4 is 10.6 Å². The van der Waals surface area contributed by atoms with Gasteiger partial charge in [0, 0.05) is 43.7 Å². The van der Waals surface area contributed by atoms with E-state index in [1.165, 1.54) is 0 Å². The molecule has 3 aliphatic rings. The summed E-state index contributed by atoms with van der Waals surface area (Å²) >= 11 is 0. The smallest absolute Gasteiger partial charge is 0.252 e. The van der Waals surface area contributed by atoms with Gasteiger partial charge in [-0.2, -0.15) is 0 Å². The third-order valence-electron chi connectivity index (χ3n) is 8.72. The number of anilines is 1. The van der Waals surface area contributed by atoms with E-state index in [2.05, 4.69) is 0 Å². The van der Waals surface area contributed by atoms with Crippen LogP contribution in [0.25, 0.3) is 5.76 Å². The molecule has 0 aromatic heterocycles. The minimum atomic E-state index is -2.60. The Hall–Kier alpha value is -3.54. The number of amides is 1. The van der Waals surface area contributed by atoms with Gasteiger partial charge in [0.15, 0.2) is 5.60 Å². The molecule has 1 aromatic carbocycles. The molecule has 1 amide bonds. The van der Waals surface area contributed by atoms with Crippen molar-refractivity contribution in [2.24, 2.45) is 17.6 Å². The molecule has 0 saturated heterocycles. The first-order valence-electron chi connectivity index (χ1n) is 13.7. The fraction of sp³-hybridized carbons (Fsp3) is 0.533. The summed E-state index contributed by atoms with van der Waals surface area (Å²) in [6.45, 7) is 1.86. The van der Waals surface area contributed by atoms with Crippen molar-refractivity contribution in [1.82, 2.24) is 9.80 Å². The van der Waals surface area contributed by atoms with Gasteiger partial charge in [0.25, 0.3) is 5.91 Å². The van der Waals surface area contributed by atoms with Crippen LogP contribution in [0.3, 0.4) is 0 Å². The van der Waals surface area contributed by atoms with Gasteiger partial charge in [-0.05, 0) is 83.1 Å². The van der Waals surface area contributed by atoms with Crippen molar-refractivity contribution < 1.29 is 34.5 Å². The molecule has 1 aromatic rings. The quantitative estimate of drug-likeness (QED) is 0.258. The molecular weight excluding hydrogens is 528 g/mol. The maximum Gasteiger partial charge on any atom is 0.252 e. The highest BCUT2D eigenvalue weighted by Gasteiger charge is 2.64. The van der Waals surface area contributed by atoms with Crippen molar-refractivity contribution in [3.05, 3.63) is 39.5 Å². The van der Waals surface area contributed by atoms with Crippen molar-refractivity contribution in [3.63, 3.8) is 0 Å². The summed E-state index contributed by atoms with van der Waals surface area (Å²) < 4.78 is 0. The highest BCUT2D eigenvalue weighted by molar-refractivity contribution is 6.33. The molecule has 0 aliphatic heterocycles. The van der Waals surface area contributed by atoms with E-state index in [0.29, 0.717) is 16.7 Å². The molecule has 1 fully saturated rings. The van der Waals surface area contributed by atoms with Crippen LogP contribution in [0.2, 0.25) is 0 Å². The van der Waals surface area contributed by atoms with Crippen LogP contribution in [0.15, 0.2) is 22.8 Å². The fourth-order valence-electron chi connectivity index (χ4n) is 7.03. The number of ketones is 3. The zero-order chi connectivity index (χ0) is 30.7. The van der Waals surface area contributed by atoms with E-state index in [9.17, 15) is 34.5 Å². The number of nitrogens with zero attached hydrogens (tertiary/aromatic N) is 3. The molecular formula is C30H40N4O7. The number of primary amides is 1. The Morgan fingerprint density at radius 3 is 2.24 bits per heavy atom. The van der Waals surface area contributed by atoms with Crippen molar-refractivity contribution in [2.45, 2.75) is 44.2 Å². The number of aromatic hydroxyl groups is 1. The van der Waals surface area contributed by atoms with E-state index in [1.807, 2.05) is 19.0 Å². The molecule has 4 rings (SSSR count). The van der Waals surface area contributed by atoms with Crippen LogP contribution in [-0.2, 0) is 32.0 Å². The van der Waals surface area contributed by atoms with Gasteiger partial charge in [0.2, 0.25) is 11.6 Å². The summed E-state index contributed by atoms with van der Waals surface area (Å²) in [7, 11) is 10.7. The average molecular weight is 569 g/mol. The molecule has 0 heterocycles. The van der Waals surface area contributed by atoms with Gasteiger partial charge in [0.1, 0.15) is 17.3 Å². The van der Waals surface area contributed by atoms with Gasteiger partial charge < -0.3 is 35.8 Å². The summed E-state index contributed by atoms with van der Waals surface area (Å²) in [5.74, 6) is -5.29. The summed E-state index contributed by atoms with van der Waals surface area (Å²) in [6.07, 6.45) is 0.828. The van der Waals surface area contributed by atoms with Crippen molar-refractivity contribution >= 4 is 34.7 Å². The van der Waals surface area contributed by atoms with Crippen molar-refractivity contribution in [1.29, 1.82) is 0 Å². The number of carbonyl (C=O) groups excluding carboxylic acids is 4. The van der Waals surface area contributed by atoms with E-state index >= 15 is 0 Å². The normalized spacial score (nSPS) is 25.9. The zero-order valence-corrected chi connectivity index (χ0v) is 24.7. The fourth-order valence-corrected chi connectivity index (χ4v) is 7.03. The van der Waals surface area contributed by atoms with Crippen LogP contribution in [0, 0.1) is 11.8 Å². The topological polar surface area (TPSA) is 165 Å². The van der Waals surface area contributed by atoms with Crippen LogP contribution in [-0.4, -0.2) is 109 Å². The predicted molar refractivity (Wildman–Crippen MR) is 153 cm³/mol. The summed E-state index contributed by atoms with van der Waals surface area (Å²) in [5, 5.41) is 34.8. The number of benzene rings is 1. The van der Waals surface area contributed by atoms with Gasteiger partial charge >= 0.3 is 0 Å². The van der Waals surface area contributed by atoms with Crippen molar-refractivity contribution in [3.8, 4) is 5.75 Å². The first kappa shape index (κ1) is 30.4. The monoisotopic (exact) mass is 568 g/mol. The molecule has 1 saturated carbocycles. The van der Waals surface area contributed by atoms with Crippen LogP contribution >= 0.6 is 0 Å². The lowest BCUT2D eigenvalue weighted by Gasteiger charge is -2.51. The van der Waals surface area contributed by atoms with Gasteiger partial charge in [-0.3, -0.25) is 19.2 Å². The van der Waals surface area contributed by atoms with Gasteiger partial charge in [0.05, 0.1) is 17.7 Å². The number of aryl methyl sites for hydroxylation is 1. The minimum absolute atomic E-state index is 0.0169. The SMILES string of the molecule is CC1=C(C(N)=O)C(=O)[C@@]2(O)C(=O)C3=C(O)c4c(O)c(CCC(=O)CN(C)C)cc(N(C)C)c4C[C@H]3C[C@H]2C1N(C)C. The van der Waals surface area contributed by atoms with E-state index in [1.54, 1.807) is 51.0 Å². The lowest BCUT2D eigenvalue weighted by atomic mass is 9.56. The molecule has 1 unspecified atom stereocenters. The number of Topliss-reactive ketones (excluding diaryl/α,β-unsaturated/α-hetero) is 3. The summed E-state index contributed by atoms with van der Waals surface area (Å²) in [4.78, 5) is 57.7. The second-order valence-electron chi connectivity index (χ2n) is 12.2. The second kappa shape index (κ2) is 10.7. The van der Waals surface area contributed by atoms with Crippen LogP contribution in [0.5, 0.6) is 5.75 Å². The minimum Gasteiger partial charge on any atom is -0.507 e. The number of aliphatic hydroxyl groups is 2. The molecule has 11 nitrogen and oxygen atoms in total. The number of hydrogen-bond acceptors (Lipinski definition) is 10. The van der Waals surface area contributed by atoms with E-state index < -0.39 is 52.3 Å². The molecule has 222 valence electrons. The number of likely N-dealkylation sites (N-methyl/N-ethyl adjacent to an activating group) is 2. The highest BCUT2D eigenvalue weighted by atomic mass is 16.3. The number of nitrogens with two attached hydrogens (primary N) is 1. The maximum absolute atomic E-state index is 14.1. The number of carbonyl (C=O) groups is 4.